The van der Waals surface area contributed by atoms with Crippen LogP contribution in [0.5, 0.6) is 11.5 Å². The van der Waals surface area contributed by atoms with E-state index in [0.29, 0.717) is 11.5 Å². The van der Waals surface area contributed by atoms with Crippen molar-refractivity contribution in [1.29, 1.82) is 0 Å². The molecule has 136 valence electrons. The van der Waals surface area contributed by atoms with Crippen LogP contribution in [0.25, 0.3) is 0 Å². The molecule has 3 aromatic rings. The number of benzene rings is 1. The molecule has 3 rings (SSSR count). The van der Waals surface area contributed by atoms with Crippen LogP contribution in [0.4, 0.5) is 0 Å². The van der Waals surface area contributed by atoms with Crippen LogP contribution in [-0.2, 0) is 10.4 Å². The van der Waals surface area contributed by atoms with Gasteiger partial charge in [0.25, 0.3) is 5.91 Å². The Bertz CT molecular complexity index is 797. The SMILES string of the molecule is COc1ccccc1OCC(=O)NCC(O)(c1ccsc1)c1cccs1. The number of methoxy groups -OCH3 is 1. The molecule has 2 N–H and O–H groups in total. The number of aliphatic hydroxyl groups is 1. The van der Waals surface area contributed by atoms with Crippen molar-refractivity contribution in [3.63, 3.8) is 0 Å². The molecule has 7 heteroatoms. The molecule has 1 unspecified atom stereocenters. The van der Waals surface area contributed by atoms with Crippen molar-refractivity contribution in [2.75, 3.05) is 20.3 Å². The summed E-state index contributed by atoms with van der Waals surface area (Å²) in [4.78, 5) is 13.0. The Morgan fingerprint density at radius 3 is 2.62 bits per heavy atom. The molecule has 0 aliphatic carbocycles. The van der Waals surface area contributed by atoms with Crippen LogP contribution in [0.1, 0.15) is 10.4 Å². The molecule has 5 nitrogen and oxygen atoms in total. The molecule has 0 fully saturated rings. The molecule has 2 aromatic heterocycles. The van der Waals surface area contributed by atoms with Gasteiger partial charge in [0.1, 0.15) is 5.60 Å². The number of carbonyl (C=O) groups excluding carboxylic acids is 1. The summed E-state index contributed by atoms with van der Waals surface area (Å²) in [6.07, 6.45) is 0. The Morgan fingerprint density at radius 2 is 1.96 bits per heavy atom. The molecule has 0 spiro atoms. The van der Waals surface area contributed by atoms with Gasteiger partial charge in [-0.2, -0.15) is 11.3 Å². The van der Waals surface area contributed by atoms with E-state index in [1.54, 1.807) is 19.2 Å². The molecule has 0 aliphatic rings. The number of ether oxygens (including phenoxy) is 2. The highest BCUT2D eigenvalue weighted by atomic mass is 32.1. The van der Waals surface area contributed by atoms with Crippen LogP contribution in [0.15, 0.2) is 58.6 Å². The zero-order valence-electron chi connectivity index (χ0n) is 14.2. The van der Waals surface area contributed by atoms with Crippen LogP contribution in [0, 0.1) is 0 Å². The Labute approximate surface area is 159 Å². The maximum Gasteiger partial charge on any atom is 0.258 e. The third-order valence-corrected chi connectivity index (χ3v) is 5.60. The van der Waals surface area contributed by atoms with Gasteiger partial charge in [0.05, 0.1) is 13.7 Å². The predicted octanol–water partition coefficient (Wildman–Crippen LogP) is 3.25. The fourth-order valence-electron chi connectivity index (χ4n) is 2.50. The number of para-hydroxylation sites is 2. The molecule has 0 aliphatic heterocycles. The number of hydrogen-bond donors (Lipinski definition) is 2. The molecular formula is C19H19NO4S2. The number of amides is 1. The van der Waals surface area contributed by atoms with Gasteiger partial charge in [-0.3, -0.25) is 4.79 Å². The summed E-state index contributed by atoms with van der Waals surface area (Å²) in [6.45, 7) is -0.0943. The van der Waals surface area contributed by atoms with Crippen LogP contribution >= 0.6 is 22.7 Å². The van der Waals surface area contributed by atoms with Gasteiger partial charge in [-0.25, -0.2) is 0 Å². The molecule has 0 radical (unpaired) electrons. The van der Waals surface area contributed by atoms with Crippen LogP contribution in [0.2, 0.25) is 0 Å². The monoisotopic (exact) mass is 389 g/mol. The molecule has 1 aromatic carbocycles. The fraction of sp³-hybridized carbons (Fsp3) is 0.211. The second-order valence-electron chi connectivity index (χ2n) is 5.57. The summed E-state index contributed by atoms with van der Waals surface area (Å²) >= 11 is 2.95. The standard InChI is InChI=1S/C19H19NO4S2/c1-23-15-5-2-3-6-16(15)24-11-18(21)20-13-19(22,14-8-10-25-12-14)17-7-4-9-26-17/h2-10,12,22H,11,13H2,1H3,(H,20,21). The lowest BCUT2D eigenvalue weighted by Crippen LogP contribution is -2.42. The molecule has 26 heavy (non-hydrogen) atoms. The van der Waals surface area contributed by atoms with Crippen LogP contribution < -0.4 is 14.8 Å². The highest BCUT2D eigenvalue weighted by Gasteiger charge is 2.33. The van der Waals surface area contributed by atoms with E-state index in [1.807, 2.05) is 46.5 Å². The van der Waals surface area contributed by atoms with E-state index in [1.165, 1.54) is 22.7 Å². The average molecular weight is 389 g/mol. The van der Waals surface area contributed by atoms with Crippen molar-refractivity contribution in [2.24, 2.45) is 0 Å². The first kappa shape index (κ1) is 18.4. The highest BCUT2D eigenvalue weighted by Crippen LogP contribution is 2.33. The van der Waals surface area contributed by atoms with Gasteiger partial charge in [-0.05, 0) is 40.4 Å². The lowest BCUT2D eigenvalue weighted by Gasteiger charge is -2.27. The first-order valence-corrected chi connectivity index (χ1v) is 9.77. The third kappa shape index (κ3) is 4.07. The van der Waals surface area contributed by atoms with Gasteiger partial charge in [0.15, 0.2) is 18.1 Å². The van der Waals surface area contributed by atoms with Crippen molar-refractivity contribution in [2.45, 2.75) is 5.60 Å². The summed E-state index contributed by atoms with van der Waals surface area (Å²) < 4.78 is 10.7. The Balaban J connectivity index is 1.63. The van der Waals surface area contributed by atoms with Gasteiger partial charge in [0.2, 0.25) is 0 Å². The maximum absolute atomic E-state index is 12.2. The van der Waals surface area contributed by atoms with E-state index in [-0.39, 0.29) is 19.1 Å². The highest BCUT2D eigenvalue weighted by molar-refractivity contribution is 7.10. The summed E-state index contributed by atoms with van der Waals surface area (Å²) in [5, 5.41) is 19.6. The largest absolute Gasteiger partial charge is 0.493 e. The number of rotatable bonds is 8. The predicted molar refractivity (Wildman–Crippen MR) is 103 cm³/mol. The lowest BCUT2D eigenvalue weighted by atomic mass is 9.94. The van der Waals surface area contributed by atoms with Gasteiger partial charge >= 0.3 is 0 Å². The van der Waals surface area contributed by atoms with E-state index in [2.05, 4.69) is 5.32 Å². The first-order chi connectivity index (χ1) is 12.6. The number of thiophene rings is 2. The zero-order chi connectivity index (χ0) is 18.4. The van der Waals surface area contributed by atoms with Crippen molar-refractivity contribution in [3.8, 4) is 11.5 Å². The minimum atomic E-state index is -1.26. The molecular weight excluding hydrogens is 370 g/mol. The summed E-state index contributed by atoms with van der Waals surface area (Å²) in [7, 11) is 1.55. The second kappa shape index (κ2) is 8.35. The maximum atomic E-state index is 12.2. The first-order valence-electron chi connectivity index (χ1n) is 7.95. The quantitative estimate of drug-likeness (QED) is 0.621. The fourth-order valence-corrected chi connectivity index (χ4v) is 4.07. The normalized spacial score (nSPS) is 13.0. The number of nitrogens with one attached hydrogen (secondary N) is 1. The van der Waals surface area contributed by atoms with Crippen molar-refractivity contribution < 1.29 is 19.4 Å². The van der Waals surface area contributed by atoms with Crippen molar-refractivity contribution in [1.82, 2.24) is 5.32 Å². The van der Waals surface area contributed by atoms with Gasteiger partial charge in [0, 0.05) is 10.4 Å². The van der Waals surface area contributed by atoms with Gasteiger partial charge in [-0.1, -0.05) is 18.2 Å². The Kier molecular flexibility index (Phi) is 5.92. The van der Waals surface area contributed by atoms with E-state index in [4.69, 9.17) is 9.47 Å². The molecule has 1 amide bonds. The summed E-state index contributed by atoms with van der Waals surface area (Å²) in [5.74, 6) is 0.742. The summed E-state index contributed by atoms with van der Waals surface area (Å²) in [5.41, 5.74) is -0.496. The molecule has 1 atom stereocenters. The Morgan fingerprint density at radius 1 is 1.15 bits per heavy atom. The molecule has 0 saturated carbocycles. The second-order valence-corrected chi connectivity index (χ2v) is 7.29. The van der Waals surface area contributed by atoms with E-state index < -0.39 is 5.60 Å². The number of carbonyl (C=O) groups is 1. The van der Waals surface area contributed by atoms with E-state index in [0.717, 1.165) is 10.4 Å². The molecule has 0 saturated heterocycles. The minimum Gasteiger partial charge on any atom is -0.493 e. The van der Waals surface area contributed by atoms with Gasteiger partial charge in [-0.15, -0.1) is 11.3 Å². The molecule has 2 heterocycles. The van der Waals surface area contributed by atoms with E-state index >= 15 is 0 Å². The average Bonchev–Trinajstić information content (AvgIpc) is 3.39. The van der Waals surface area contributed by atoms with Crippen LogP contribution in [-0.4, -0.2) is 31.3 Å². The van der Waals surface area contributed by atoms with Crippen molar-refractivity contribution >= 4 is 28.6 Å². The lowest BCUT2D eigenvalue weighted by molar-refractivity contribution is -0.124. The van der Waals surface area contributed by atoms with Crippen molar-refractivity contribution in [3.05, 3.63) is 69.0 Å². The van der Waals surface area contributed by atoms with Crippen LogP contribution in [0.3, 0.4) is 0 Å². The number of hydrogen-bond acceptors (Lipinski definition) is 6. The zero-order valence-corrected chi connectivity index (χ0v) is 15.8. The molecule has 0 bridgehead atoms. The van der Waals surface area contributed by atoms with Gasteiger partial charge < -0.3 is 19.9 Å². The third-order valence-electron chi connectivity index (χ3n) is 3.90. The Hall–Kier alpha value is -2.35. The minimum absolute atomic E-state index is 0.0678. The topological polar surface area (TPSA) is 67.8 Å². The summed E-state index contributed by atoms with van der Waals surface area (Å²) in [6, 6.07) is 12.7. The van der Waals surface area contributed by atoms with E-state index in [9.17, 15) is 9.90 Å². The smallest absolute Gasteiger partial charge is 0.258 e.